The van der Waals surface area contributed by atoms with Gasteiger partial charge in [-0.15, -0.1) is 0 Å². The van der Waals surface area contributed by atoms with E-state index in [1.807, 2.05) is 0 Å². The number of carbonyl (C=O) groups is 1. The molecular formula is C11H11F3O2. The minimum absolute atomic E-state index is 0.00713. The fourth-order valence-electron chi connectivity index (χ4n) is 1.30. The van der Waals surface area contributed by atoms with E-state index in [9.17, 15) is 18.0 Å². The molecule has 0 heterocycles. The smallest absolute Gasteiger partial charge is 0.306 e. The van der Waals surface area contributed by atoms with Gasteiger partial charge in [-0.2, -0.15) is 0 Å². The molecule has 0 aliphatic heterocycles. The van der Waals surface area contributed by atoms with Crippen molar-refractivity contribution < 1.29 is 23.1 Å². The van der Waals surface area contributed by atoms with Gasteiger partial charge in [0.15, 0.2) is 0 Å². The molecule has 1 aromatic carbocycles. The van der Waals surface area contributed by atoms with Crippen LogP contribution >= 0.6 is 0 Å². The van der Waals surface area contributed by atoms with Gasteiger partial charge < -0.3 is 5.11 Å². The zero-order valence-electron chi connectivity index (χ0n) is 8.58. The van der Waals surface area contributed by atoms with Crippen molar-refractivity contribution in [2.24, 2.45) is 5.92 Å². The number of rotatable bonds is 4. The second kappa shape index (κ2) is 5.01. The highest BCUT2D eigenvalue weighted by atomic mass is 19.3. The molecular weight excluding hydrogens is 221 g/mol. The molecule has 0 amide bonds. The summed E-state index contributed by atoms with van der Waals surface area (Å²) < 4.78 is 37.9. The number of aliphatic carboxylic acids is 1. The average molecular weight is 232 g/mol. The third-order valence-corrected chi connectivity index (χ3v) is 2.27. The minimum Gasteiger partial charge on any atom is -0.481 e. The highest BCUT2D eigenvalue weighted by Crippen LogP contribution is 2.22. The van der Waals surface area contributed by atoms with Crippen LogP contribution in [0.5, 0.6) is 0 Å². The summed E-state index contributed by atoms with van der Waals surface area (Å²) in [6, 6.07) is 2.94. The van der Waals surface area contributed by atoms with Crippen molar-refractivity contribution in [1.82, 2.24) is 0 Å². The zero-order chi connectivity index (χ0) is 12.3. The Balaban J connectivity index is 2.94. The predicted molar refractivity (Wildman–Crippen MR) is 51.9 cm³/mol. The Hall–Kier alpha value is -1.52. The highest BCUT2D eigenvalue weighted by Gasteiger charge is 2.16. The van der Waals surface area contributed by atoms with E-state index in [4.69, 9.17) is 5.11 Å². The molecule has 1 unspecified atom stereocenters. The molecule has 0 bridgehead atoms. The predicted octanol–water partition coefficient (Wildman–Crippen LogP) is 3.03. The SMILES string of the molecule is CC(Cc1cc(C(F)F)ccc1F)C(=O)O. The molecule has 1 atom stereocenters. The first kappa shape index (κ1) is 12.5. The lowest BCUT2D eigenvalue weighted by Gasteiger charge is -2.09. The fraction of sp³-hybridized carbons (Fsp3) is 0.364. The Bertz CT molecular complexity index is 391. The van der Waals surface area contributed by atoms with Crippen LogP contribution in [0.1, 0.15) is 24.5 Å². The van der Waals surface area contributed by atoms with E-state index >= 15 is 0 Å². The van der Waals surface area contributed by atoms with Gasteiger partial charge in [0.05, 0.1) is 5.92 Å². The molecule has 5 heteroatoms. The molecule has 1 N–H and O–H groups in total. The number of carboxylic acids is 1. The van der Waals surface area contributed by atoms with Crippen molar-refractivity contribution in [3.05, 3.63) is 35.1 Å². The van der Waals surface area contributed by atoms with Gasteiger partial charge in [-0.05, 0) is 24.1 Å². The van der Waals surface area contributed by atoms with Crippen molar-refractivity contribution >= 4 is 5.97 Å². The number of carboxylic acid groups (broad SMARTS) is 1. The van der Waals surface area contributed by atoms with E-state index in [1.165, 1.54) is 6.92 Å². The van der Waals surface area contributed by atoms with Crippen LogP contribution in [0.15, 0.2) is 18.2 Å². The molecule has 1 rings (SSSR count). The van der Waals surface area contributed by atoms with Crippen LogP contribution in [-0.4, -0.2) is 11.1 Å². The summed E-state index contributed by atoms with van der Waals surface area (Å²) in [5.74, 6) is -2.54. The standard InChI is InChI=1S/C11H11F3O2/c1-6(11(15)16)4-8-5-7(10(13)14)2-3-9(8)12/h2-3,5-6,10H,4H2,1H3,(H,15,16). The second-order valence-corrected chi connectivity index (χ2v) is 3.59. The van der Waals surface area contributed by atoms with E-state index in [2.05, 4.69) is 0 Å². The molecule has 2 nitrogen and oxygen atoms in total. The molecule has 0 saturated carbocycles. The summed E-state index contributed by atoms with van der Waals surface area (Å²) in [6.07, 6.45) is -2.78. The summed E-state index contributed by atoms with van der Waals surface area (Å²) in [5, 5.41) is 8.64. The van der Waals surface area contributed by atoms with Gasteiger partial charge in [-0.25, -0.2) is 13.2 Å². The Morgan fingerprint density at radius 1 is 1.44 bits per heavy atom. The van der Waals surface area contributed by atoms with Crippen molar-refractivity contribution in [3.8, 4) is 0 Å². The summed E-state index contributed by atoms with van der Waals surface area (Å²) in [4.78, 5) is 10.6. The van der Waals surface area contributed by atoms with Crippen molar-refractivity contribution in [2.45, 2.75) is 19.8 Å². The van der Waals surface area contributed by atoms with Gasteiger partial charge in [0.25, 0.3) is 6.43 Å². The summed E-state index contributed by atoms with van der Waals surface area (Å²) >= 11 is 0. The van der Waals surface area contributed by atoms with Crippen LogP contribution < -0.4 is 0 Å². The largest absolute Gasteiger partial charge is 0.481 e. The molecule has 0 aliphatic carbocycles. The fourth-order valence-corrected chi connectivity index (χ4v) is 1.30. The summed E-state index contributed by atoms with van der Waals surface area (Å²) in [7, 11) is 0. The number of halogens is 3. The maximum absolute atomic E-state index is 13.2. The Labute approximate surface area is 90.7 Å². The molecule has 0 fully saturated rings. The molecule has 0 aliphatic rings. The van der Waals surface area contributed by atoms with Crippen molar-refractivity contribution in [2.75, 3.05) is 0 Å². The maximum atomic E-state index is 13.2. The van der Waals surface area contributed by atoms with Gasteiger partial charge in [0, 0.05) is 5.56 Å². The van der Waals surface area contributed by atoms with Crippen LogP contribution in [0.2, 0.25) is 0 Å². The number of hydrogen-bond donors (Lipinski definition) is 1. The van der Waals surface area contributed by atoms with Crippen LogP contribution in [0, 0.1) is 11.7 Å². The maximum Gasteiger partial charge on any atom is 0.306 e. The minimum atomic E-state index is -2.68. The van der Waals surface area contributed by atoms with Gasteiger partial charge in [-0.1, -0.05) is 13.0 Å². The lowest BCUT2D eigenvalue weighted by molar-refractivity contribution is -0.141. The van der Waals surface area contributed by atoms with Gasteiger partial charge in [0.2, 0.25) is 0 Å². The van der Waals surface area contributed by atoms with Gasteiger partial charge >= 0.3 is 5.97 Å². The first-order valence-electron chi connectivity index (χ1n) is 4.71. The van der Waals surface area contributed by atoms with Crippen molar-refractivity contribution in [3.63, 3.8) is 0 Å². The van der Waals surface area contributed by atoms with Crippen LogP contribution in [0.4, 0.5) is 13.2 Å². The summed E-state index contributed by atoms with van der Waals surface area (Å²) in [6.45, 7) is 1.40. The molecule has 0 spiro atoms. The topological polar surface area (TPSA) is 37.3 Å². The van der Waals surface area contributed by atoms with Crippen molar-refractivity contribution in [1.29, 1.82) is 0 Å². The van der Waals surface area contributed by atoms with E-state index in [1.54, 1.807) is 0 Å². The quantitative estimate of drug-likeness (QED) is 0.866. The van der Waals surface area contributed by atoms with E-state index in [0.717, 1.165) is 18.2 Å². The normalized spacial score (nSPS) is 12.8. The first-order chi connectivity index (χ1) is 7.41. The Morgan fingerprint density at radius 3 is 2.56 bits per heavy atom. The Kier molecular flexibility index (Phi) is 3.93. The van der Waals surface area contributed by atoms with E-state index in [0.29, 0.717) is 0 Å². The number of hydrogen-bond acceptors (Lipinski definition) is 1. The molecule has 0 aromatic heterocycles. The summed E-state index contributed by atoms with van der Waals surface area (Å²) in [5.41, 5.74) is -0.290. The van der Waals surface area contributed by atoms with E-state index < -0.39 is 24.1 Å². The first-order valence-corrected chi connectivity index (χ1v) is 4.71. The third kappa shape index (κ3) is 2.98. The number of benzene rings is 1. The Morgan fingerprint density at radius 2 is 2.06 bits per heavy atom. The molecule has 1 aromatic rings. The molecule has 88 valence electrons. The third-order valence-electron chi connectivity index (χ3n) is 2.27. The van der Waals surface area contributed by atoms with Gasteiger partial charge in [0.1, 0.15) is 5.82 Å². The average Bonchev–Trinajstić information content (AvgIpc) is 2.20. The van der Waals surface area contributed by atoms with E-state index in [-0.39, 0.29) is 17.5 Å². The van der Waals surface area contributed by atoms with Gasteiger partial charge in [-0.3, -0.25) is 4.79 Å². The molecule has 16 heavy (non-hydrogen) atoms. The zero-order valence-corrected chi connectivity index (χ0v) is 8.58. The molecule has 0 saturated heterocycles. The second-order valence-electron chi connectivity index (χ2n) is 3.59. The van der Waals surface area contributed by atoms with Crippen LogP contribution in [0.25, 0.3) is 0 Å². The van der Waals surface area contributed by atoms with Crippen LogP contribution in [0.3, 0.4) is 0 Å². The molecule has 0 radical (unpaired) electrons. The monoisotopic (exact) mass is 232 g/mol. The lowest BCUT2D eigenvalue weighted by atomic mass is 9.99. The highest BCUT2D eigenvalue weighted by molar-refractivity contribution is 5.69. The number of alkyl halides is 2. The van der Waals surface area contributed by atoms with Crippen LogP contribution in [-0.2, 0) is 11.2 Å². The lowest BCUT2D eigenvalue weighted by Crippen LogP contribution is -2.13.